The fourth-order valence-electron chi connectivity index (χ4n) is 2.40. The van der Waals surface area contributed by atoms with E-state index in [1.165, 1.54) is 18.2 Å². The maximum atomic E-state index is 13.9. The maximum Gasteiger partial charge on any atom is 0.166 e. The third-order valence-electron chi connectivity index (χ3n) is 3.64. The van der Waals surface area contributed by atoms with Gasteiger partial charge in [0.1, 0.15) is 12.4 Å². The molecular weight excluding hydrogens is 310 g/mol. The number of carbonyl (C=O) groups excluding carboxylic acids is 1. The molecule has 0 N–H and O–H groups in total. The third-order valence-corrected chi connectivity index (χ3v) is 3.64. The van der Waals surface area contributed by atoms with Gasteiger partial charge in [0.25, 0.3) is 0 Å². The molecule has 0 unspecified atom stereocenters. The maximum absolute atomic E-state index is 13.9. The molecule has 120 valence electrons. The van der Waals surface area contributed by atoms with Crippen LogP contribution in [-0.2, 0) is 6.61 Å². The van der Waals surface area contributed by atoms with Gasteiger partial charge in [-0.15, -0.1) is 0 Å². The average molecular weight is 324 g/mol. The van der Waals surface area contributed by atoms with E-state index in [0.29, 0.717) is 24.2 Å². The molecule has 24 heavy (non-hydrogen) atoms. The molecule has 0 spiro atoms. The van der Waals surface area contributed by atoms with Crippen LogP contribution in [0.3, 0.4) is 0 Å². The number of benzene rings is 3. The number of rotatable bonds is 5. The Hall–Kier alpha value is -3.01. The Kier molecular flexibility index (Phi) is 4.66. The first-order valence-corrected chi connectivity index (χ1v) is 7.39. The lowest BCUT2D eigenvalue weighted by atomic mass is 10.0. The van der Waals surface area contributed by atoms with Crippen molar-refractivity contribution in [3.8, 4) is 16.9 Å². The van der Waals surface area contributed by atoms with E-state index in [1.807, 2.05) is 30.3 Å². The number of carbonyl (C=O) groups is 1. The van der Waals surface area contributed by atoms with Crippen molar-refractivity contribution in [1.82, 2.24) is 0 Å². The zero-order valence-corrected chi connectivity index (χ0v) is 12.7. The van der Waals surface area contributed by atoms with Crippen molar-refractivity contribution < 1.29 is 18.3 Å². The summed E-state index contributed by atoms with van der Waals surface area (Å²) in [5.41, 5.74) is 1.77. The second-order valence-corrected chi connectivity index (χ2v) is 5.25. The van der Waals surface area contributed by atoms with E-state index >= 15 is 0 Å². The van der Waals surface area contributed by atoms with Crippen LogP contribution in [0.15, 0.2) is 66.7 Å². The van der Waals surface area contributed by atoms with Gasteiger partial charge in [-0.2, -0.15) is 0 Å². The Balaban J connectivity index is 1.88. The minimum atomic E-state index is -0.938. The molecule has 3 rings (SSSR count). The summed E-state index contributed by atoms with van der Waals surface area (Å²) in [7, 11) is 0. The Labute approximate surface area is 138 Å². The number of hydrogen-bond donors (Lipinski definition) is 0. The van der Waals surface area contributed by atoms with E-state index in [1.54, 1.807) is 12.1 Å². The van der Waals surface area contributed by atoms with E-state index < -0.39 is 11.6 Å². The van der Waals surface area contributed by atoms with Gasteiger partial charge in [0, 0.05) is 5.56 Å². The van der Waals surface area contributed by atoms with Gasteiger partial charge >= 0.3 is 0 Å². The van der Waals surface area contributed by atoms with Crippen LogP contribution in [0, 0.1) is 11.6 Å². The molecule has 0 bridgehead atoms. The van der Waals surface area contributed by atoms with Crippen molar-refractivity contribution >= 4 is 6.29 Å². The summed E-state index contributed by atoms with van der Waals surface area (Å²) in [6, 6.07) is 18.2. The second-order valence-electron chi connectivity index (χ2n) is 5.25. The van der Waals surface area contributed by atoms with E-state index in [2.05, 4.69) is 0 Å². The summed E-state index contributed by atoms with van der Waals surface area (Å²) in [5, 5.41) is 0. The van der Waals surface area contributed by atoms with Crippen LogP contribution in [0.5, 0.6) is 5.75 Å². The van der Waals surface area contributed by atoms with Gasteiger partial charge in [0.2, 0.25) is 0 Å². The first kappa shape index (κ1) is 15.9. The van der Waals surface area contributed by atoms with Crippen LogP contribution in [-0.4, -0.2) is 6.29 Å². The van der Waals surface area contributed by atoms with Crippen molar-refractivity contribution in [1.29, 1.82) is 0 Å². The number of hydrogen-bond acceptors (Lipinski definition) is 2. The predicted molar refractivity (Wildman–Crippen MR) is 88.0 cm³/mol. The van der Waals surface area contributed by atoms with Gasteiger partial charge in [0.15, 0.2) is 17.9 Å². The number of aldehydes is 1. The van der Waals surface area contributed by atoms with Crippen LogP contribution in [0.1, 0.15) is 15.9 Å². The molecule has 3 aromatic rings. The summed E-state index contributed by atoms with van der Waals surface area (Å²) in [6.07, 6.45) is 0.640. The molecule has 0 fully saturated rings. The van der Waals surface area contributed by atoms with Crippen LogP contribution in [0.25, 0.3) is 11.1 Å². The smallest absolute Gasteiger partial charge is 0.166 e. The highest BCUT2D eigenvalue weighted by Gasteiger charge is 2.12. The Morgan fingerprint density at radius 1 is 0.917 bits per heavy atom. The van der Waals surface area contributed by atoms with Crippen molar-refractivity contribution in [2.45, 2.75) is 6.61 Å². The zero-order chi connectivity index (χ0) is 16.9. The van der Waals surface area contributed by atoms with Gasteiger partial charge in [-0.05, 0) is 29.3 Å². The van der Waals surface area contributed by atoms with E-state index in [9.17, 15) is 13.6 Å². The fraction of sp³-hybridized carbons (Fsp3) is 0.0500. The summed E-state index contributed by atoms with van der Waals surface area (Å²) >= 11 is 0. The molecule has 0 amide bonds. The van der Waals surface area contributed by atoms with Crippen molar-refractivity contribution in [3.63, 3.8) is 0 Å². The van der Waals surface area contributed by atoms with Gasteiger partial charge in [0.05, 0.1) is 5.56 Å². The molecular formula is C20H14F2O2. The van der Waals surface area contributed by atoms with Crippen LogP contribution >= 0.6 is 0 Å². The van der Waals surface area contributed by atoms with Crippen LogP contribution < -0.4 is 4.74 Å². The largest absolute Gasteiger partial charge is 0.488 e. The molecule has 3 aromatic carbocycles. The Bertz CT molecular complexity index is 861. The van der Waals surface area contributed by atoms with Crippen LogP contribution in [0.4, 0.5) is 8.78 Å². The second kappa shape index (κ2) is 7.04. The first-order valence-electron chi connectivity index (χ1n) is 7.39. The standard InChI is InChI=1S/C20H14F2O2/c21-18-8-4-7-17(20(18)22)15-9-10-19(16(11-15)12-23)24-13-14-5-2-1-3-6-14/h1-12H,13H2. The van der Waals surface area contributed by atoms with E-state index in [4.69, 9.17) is 4.74 Å². The average Bonchev–Trinajstić information content (AvgIpc) is 2.63. The zero-order valence-electron chi connectivity index (χ0n) is 12.7. The molecule has 0 aliphatic carbocycles. The molecule has 0 saturated carbocycles. The lowest BCUT2D eigenvalue weighted by Crippen LogP contribution is -1.99. The summed E-state index contributed by atoms with van der Waals surface area (Å²) < 4.78 is 32.9. The Morgan fingerprint density at radius 2 is 1.71 bits per heavy atom. The third kappa shape index (κ3) is 3.33. The molecule has 0 saturated heterocycles. The summed E-state index contributed by atoms with van der Waals surface area (Å²) in [5.74, 6) is -1.47. The monoisotopic (exact) mass is 324 g/mol. The fourth-order valence-corrected chi connectivity index (χ4v) is 2.40. The highest BCUT2D eigenvalue weighted by molar-refractivity contribution is 5.83. The topological polar surface area (TPSA) is 26.3 Å². The minimum absolute atomic E-state index is 0.104. The molecule has 0 atom stereocenters. The number of halogens is 2. The highest BCUT2D eigenvalue weighted by atomic mass is 19.2. The van der Waals surface area contributed by atoms with Crippen molar-refractivity contribution in [2.24, 2.45) is 0 Å². The van der Waals surface area contributed by atoms with Gasteiger partial charge in [-0.25, -0.2) is 8.78 Å². The van der Waals surface area contributed by atoms with E-state index in [0.717, 1.165) is 11.6 Å². The van der Waals surface area contributed by atoms with Gasteiger partial charge in [-0.3, -0.25) is 4.79 Å². The number of ether oxygens (including phenoxy) is 1. The lowest BCUT2D eigenvalue weighted by molar-refractivity contribution is 0.111. The van der Waals surface area contributed by atoms with E-state index in [-0.39, 0.29) is 11.1 Å². The quantitative estimate of drug-likeness (QED) is 0.616. The molecule has 2 nitrogen and oxygen atoms in total. The van der Waals surface area contributed by atoms with Gasteiger partial charge < -0.3 is 4.74 Å². The summed E-state index contributed by atoms with van der Waals surface area (Å²) in [4.78, 5) is 11.3. The predicted octanol–water partition coefficient (Wildman–Crippen LogP) is 5.02. The van der Waals surface area contributed by atoms with Crippen LogP contribution in [0.2, 0.25) is 0 Å². The minimum Gasteiger partial charge on any atom is -0.488 e. The van der Waals surface area contributed by atoms with Gasteiger partial charge in [-0.1, -0.05) is 48.5 Å². The first-order chi connectivity index (χ1) is 11.7. The molecule has 0 aliphatic rings. The van der Waals surface area contributed by atoms with Crippen molar-refractivity contribution in [3.05, 3.63) is 89.5 Å². The molecule has 0 aliphatic heterocycles. The molecule has 4 heteroatoms. The molecule has 0 heterocycles. The van der Waals surface area contributed by atoms with Crippen molar-refractivity contribution in [2.75, 3.05) is 0 Å². The normalized spacial score (nSPS) is 10.4. The highest BCUT2D eigenvalue weighted by Crippen LogP contribution is 2.29. The summed E-state index contributed by atoms with van der Waals surface area (Å²) in [6.45, 7) is 0.315. The SMILES string of the molecule is O=Cc1cc(-c2cccc(F)c2F)ccc1OCc1ccccc1. The lowest BCUT2D eigenvalue weighted by Gasteiger charge is -2.11. The molecule has 0 radical (unpaired) electrons. The molecule has 0 aromatic heterocycles. The Morgan fingerprint density at radius 3 is 2.46 bits per heavy atom.